The van der Waals surface area contributed by atoms with Crippen molar-refractivity contribution in [1.82, 2.24) is 0 Å². The van der Waals surface area contributed by atoms with Gasteiger partial charge in [-0.3, -0.25) is 0 Å². The van der Waals surface area contributed by atoms with Gasteiger partial charge in [0.1, 0.15) is 5.75 Å². The van der Waals surface area contributed by atoms with E-state index in [0.717, 1.165) is 11.3 Å². The highest BCUT2D eigenvalue weighted by molar-refractivity contribution is 5.61. The van der Waals surface area contributed by atoms with Crippen LogP contribution in [-0.2, 0) is 21.7 Å². The maximum absolute atomic E-state index is 8.60. The Kier molecular flexibility index (Phi) is 9.13. The van der Waals surface area contributed by atoms with E-state index < -0.39 is 5.41 Å². The van der Waals surface area contributed by atoms with Crippen molar-refractivity contribution in [2.75, 3.05) is 13.2 Å². The largest absolute Gasteiger partial charge is 0.493 e. The van der Waals surface area contributed by atoms with Gasteiger partial charge >= 0.3 is 0 Å². The summed E-state index contributed by atoms with van der Waals surface area (Å²) in [4.78, 5) is 2.82. The zero-order chi connectivity index (χ0) is 31.5. The first-order valence-corrected chi connectivity index (χ1v) is 15.2. The van der Waals surface area contributed by atoms with E-state index in [0.29, 0.717) is 13.2 Å². The average Bonchev–Trinajstić information content (AvgIpc) is 2.96. The molecule has 4 aromatic carbocycles. The lowest BCUT2D eigenvalue weighted by molar-refractivity contribution is 0.328. The van der Waals surface area contributed by atoms with Crippen LogP contribution in [0.3, 0.4) is 0 Å². The van der Waals surface area contributed by atoms with Crippen LogP contribution in [0.25, 0.3) is 10.4 Å². The smallest absolute Gasteiger partial charge is 0.119 e. The minimum Gasteiger partial charge on any atom is -0.493 e. The molecule has 4 heteroatoms. The Morgan fingerprint density at radius 3 is 1.05 bits per heavy atom. The molecule has 0 aliphatic carbocycles. The molecule has 4 rings (SSSR count). The number of azide groups is 1. The standard InChI is InChI=1S/C39H47N3O/c1-36(2,3)28-10-16-31(17-11-28)39(32-18-12-29(13-19-32)37(4,5)6,33-20-14-30(15-21-33)38(7,8)9)34-22-24-35(25-23-34)43-27-26-41-42-40/h10-25H,26-27H2,1-9H3. The lowest BCUT2D eigenvalue weighted by Crippen LogP contribution is -2.31. The molecule has 0 saturated carbocycles. The van der Waals surface area contributed by atoms with Gasteiger partial charge in [0.15, 0.2) is 0 Å². The molecule has 0 aliphatic heterocycles. The van der Waals surface area contributed by atoms with Crippen LogP contribution < -0.4 is 4.74 Å². The predicted octanol–water partition coefficient (Wildman–Crippen LogP) is 10.7. The highest BCUT2D eigenvalue weighted by Gasteiger charge is 2.39. The fraction of sp³-hybridized carbons (Fsp3) is 0.385. The van der Waals surface area contributed by atoms with E-state index in [9.17, 15) is 0 Å². The monoisotopic (exact) mass is 573 g/mol. The average molecular weight is 574 g/mol. The van der Waals surface area contributed by atoms with Gasteiger partial charge in [-0.15, -0.1) is 0 Å². The SMILES string of the molecule is CC(C)(C)c1ccc(C(c2ccc(OCCN=[N+]=[N-])cc2)(c2ccc(C(C)(C)C)cc2)c2ccc(C(C)(C)C)cc2)cc1. The first-order valence-electron chi connectivity index (χ1n) is 15.2. The van der Waals surface area contributed by atoms with E-state index in [1.165, 1.54) is 33.4 Å². The summed E-state index contributed by atoms with van der Waals surface area (Å²) in [5.74, 6) is 0.750. The van der Waals surface area contributed by atoms with Crippen molar-refractivity contribution in [3.63, 3.8) is 0 Å². The van der Waals surface area contributed by atoms with Gasteiger partial charge in [0.05, 0.1) is 18.6 Å². The molecule has 0 radical (unpaired) electrons. The van der Waals surface area contributed by atoms with Crippen LogP contribution in [0, 0.1) is 0 Å². The van der Waals surface area contributed by atoms with E-state index in [2.05, 4.69) is 157 Å². The number of nitrogens with zero attached hydrogens (tertiary/aromatic N) is 3. The third-order valence-corrected chi connectivity index (χ3v) is 8.36. The van der Waals surface area contributed by atoms with Crippen molar-refractivity contribution in [3.05, 3.63) is 146 Å². The zero-order valence-corrected chi connectivity index (χ0v) is 27.4. The highest BCUT2D eigenvalue weighted by Crippen LogP contribution is 2.47. The fourth-order valence-electron chi connectivity index (χ4n) is 5.71. The van der Waals surface area contributed by atoms with Crippen LogP contribution in [0.1, 0.15) is 101 Å². The van der Waals surface area contributed by atoms with E-state index in [4.69, 9.17) is 10.3 Å². The Hall–Kier alpha value is -4.01. The Morgan fingerprint density at radius 1 is 0.488 bits per heavy atom. The van der Waals surface area contributed by atoms with Gasteiger partial charge in [0, 0.05) is 4.91 Å². The molecule has 0 unspecified atom stereocenters. The lowest BCUT2D eigenvalue weighted by Gasteiger charge is -2.38. The Morgan fingerprint density at radius 2 is 0.767 bits per heavy atom. The molecule has 0 bridgehead atoms. The molecule has 4 nitrogen and oxygen atoms in total. The van der Waals surface area contributed by atoms with Crippen LogP contribution in [0.15, 0.2) is 102 Å². The summed E-state index contributed by atoms with van der Waals surface area (Å²) in [5.41, 5.74) is 16.9. The molecule has 0 fully saturated rings. The van der Waals surface area contributed by atoms with Crippen LogP contribution >= 0.6 is 0 Å². The second-order valence-electron chi connectivity index (χ2n) is 14.6. The molecule has 0 atom stereocenters. The molecule has 0 aromatic heterocycles. The second kappa shape index (κ2) is 12.3. The molecular weight excluding hydrogens is 526 g/mol. The highest BCUT2D eigenvalue weighted by atomic mass is 16.5. The third-order valence-electron chi connectivity index (χ3n) is 8.36. The fourth-order valence-corrected chi connectivity index (χ4v) is 5.71. The van der Waals surface area contributed by atoms with Gasteiger partial charge in [-0.1, -0.05) is 152 Å². The number of hydrogen-bond acceptors (Lipinski definition) is 2. The van der Waals surface area contributed by atoms with Crippen molar-refractivity contribution in [2.24, 2.45) is 5.11 Å². The predicted molar refractivity (Wildman–Crippen MR) is 180 cm³/mol. The van der Waals surface area contributed by atoms with Gasteiger partial charge in [-0.2, -0.15) is 0 Å². The lowest BCUT2D eigenvalue weighted by atomic mass is 9.64. The van der Waals surface area contributed by atoms with Crippen molar-refractivity contribution in [3.8, 4) is 5.75 Å². The molecular formula is C39H47N3O. The molecule has 0 N–H and O–H groups in total. The summed E-state index contributed by atoms with van der Waals surface area (Å²) < 4.78 is 5.89. The minimum absolute atomic E-state index is 0.0541. The molecule has 43 heavy (non-hydrogen) atoms. The van der Waals surface area contributed by atoms with Crippen LogP contribution in [0.4, 0.5) is 0 Å². The molecule has 0 spiro atoms. The van der Waals surface area contributed by atoms with E-state index in [1.54, 1.807) is 0 Å². The van der Waals surface area contributed by atoms with Gasteiger partial charge in [0.2, 0.25) is 0 Å². The van der Waals surface area contributed by atoms with Crippen molar-refractivity contribution in [1.29, 1.82) is 0 Å². The zero-order valence-electron chi connectivity index (χ0n) is 27.4. The second-order valence-corrected chi connectivity index (χ2v) is 14.6. The van der Waals surface area contributed by atoms with E-state index in [1.807, 2.05) is 12.1 Å². The molecule has 0 aliphatic rings. The minimum atomic E-state index is -0.563. The van der Waals surface area contributed by atoms with Gasteiger partial charge in [0.25, 0.3) is 0 Å². The summed E-state index contributed by atoms with van der Waals surface area (Å²) >= 11 is 0. The van der Waals surface area contributed by atoms with Gasteiger partial charge in [-0.25, -0.2) is 0 Å². The topological polar surface area (TPSA) is 58.0 Å². The molecule has 224 valence electrons. The molecule has 4 aromatic rings. The Bertz CT molecular complexity index is 1400. The maximum Gasteiger partial charge on any atom is 0.119 e. The Labute approximate surface area is 258 Å². The summed E-state index contributed by atoms with van der Waals surface area (Å²) in [6.07, 6.45) is 0. The van der Waals surface area contributed by atoms with Crippen molar-refractivity contribution < 1.29 is 4.74 Å². The van der Waals surface area contributed by atoms with Crippen LogP contribution in [0.5, 0.6) is 5.75 Å². The number of rotatable bonds is 8. The summed E-state index contributed by atoms with van der Waals surface area (Å²) in [6, 6.07) is 35.9. The maximum atomic E-state index is 8.60. The third kappa shape index (κ3) is 6.98. The van der Waals surface area contributed by atoms with Crippen LogP contribution in [-0.4, -0.2) is 13.2 Å². The summed E-state index contributed by atoms with van der Waals surface area (Å²) in [5, 5.41) is 3.59. The molecule has 0 saturated heterocycles. The molecule has 0 amide bonds. The van der Waals surface area contributed by atoms with Gasteiger partial charge in [-0.05, 0) is 72.9 Å². The summed E-state index contributed by atoms with van der Waals surface area (Å²) in [6.45, 7) is 20.9. The normalized spacial score (nSPS) is 12.5. The number of hydrogen-bond donors (Lipinski definition) is 0. The van der Waals surface area contributed by atoms with Crippen molar-refractivity contribution in [2.45, 2.75) is 84.0 Å². The van der Waals surface area contributed by atoms with Crippen LogP contribution in [0.2, 0.25) is 0 Å². The first kappa shape index (κ1) is 31.9. The van der Waals surface area contributed by atoms with E-state index >= 15 is 0 Å². The van der Waals surface area contributed by atoms with E-state index in [-0.39, 0.29) is 16.2 Å². The van der Waals surface area contributed by atoms with Gasteiger partial charge < -0.3 is 4.74 Å². The van der Waals surface area contributed by atoms with Crippen molar-refractivity contribution >= 4 is 0 Å². The first-order chi connectivity index (χ1) is 20.2. The number of benzene rings is 4. The summed E-state index contributed by atoms with van der Waals surface area (Å²) in [7, 11) is 0. The number of ether oxygens (including phenoxy) is 1. The quantitative estimate of drug-likeness (QED) is 0.0680. The molecule has 0 heterocycles. The Balaban J connectivity index is 1.99.